The number of ether oxygens (including phenoxy) is 2. The molecule has 0 radical (unpaired) electrons. The van der Waals surface area contributed by atoms with Gasteiger partial charge in [0.1, 0.15) is 23.3 Å². The average molecular weight is 299 g/mol. The number of carbonyl (C=O) groups is 1. The molecule has 0 aliphatic carbocycles. The molecule has 0 saturated heterocycles. The van der Waals surface area contributed by atoms with Gasteiger partial charge in [-0.3, -0.25) is 0 Å². The fourth-order valence-corrected chi connectivity index (χ4v) is 2.18. The molecule has 7 nitrogen and oxygen atoms in total. The van der Waals surface area contributed by atoms with Crippen molar-refractivity contribution in [1.82, 2.24) is 14.6 Å². The van der Waals surface area contributed by atoms with Gasteiger partial charge in [0.25, 0.3) is 0 Å². The summed E-state index contributed by atoms with van der Waals surface area (Å²) >= 11 is 0. The maximum absolute atomic E-state index is 11.8. The number of fused-ring (bicyclic) bond motifs is 1. The predicted octanol–water partition coefficient (Wildman–Crippen LogP) is 2.32. The number of methoxy groups -OCH3 is 1. The molecule has 0 aliphatic rings. The summed E-state index contributed by atoms with van der Waals surface area (Å²) in [5, 5.41) is 13.6. The Morgan fingerprint density at radius 2 is 2.18 bits per heavy atom. The monoisotopic (exact) mass is 299 g/mol. The van der Waals surface area contributed by atoms with E-state index >= 15 is 0 Å². The van der Waals surface area contributed by atoms with Crippen LogP contribution < -0.4 is 4.74 Å². The van der Waals surface area contributed by atoms with Gasteiger partial charge in [0, 0.05) is 12.3 Å². The lowest BCUT2D eigenvalue weighted by Crippen LogP contribution is -2.00. The molecule has 0 bridgehead atoms. The van der Waals surface area contributed by atoms with Crippen LogP contribution >= 0.6 is 0 Å². The number of rotatable bonds is 3. The number of benzene rings is 1. The van der Waals surface area contributed by atoms with Gasteiger partial charge in [0.15, 0.2) is 0 Å². The minimum absolute atomic E-state index is 0.0879. The molecule has 0 amide bonds. The molecule has 0 saturated carbocycles. The molecule has 0 aliphatic heterocycles. The largest absolute Gasteiger partial charge is 0.508 e. The van der Waals surface area contributed by atoms with Crippen LogP contribution in [0.15, 0.2) is 36.8 Å². The minimum atomic E-state index is -0.452. The second kappa shape index (κ2) is 5.36. The highest BCUT2D eigenvalue weighted by Gasteiger charge is 2.19. The van der Waals surface area contributed by atoms with Crippen LogP contribution in [0.1, 0.15) is 15.9 Å². The molecule has 0 atom stereocenters. The molecule has 0 spiro atoms. The van der Waals surface area contributed by atoms with E-state index in [4.69, 9.17) is 9.47 Å². The van der Waals surface area contributed by atoms with Gasteiger partial charge in [-0.15, -0.1) is 0 Å². The Morgan fingerprint density at radius 1 is 1.36 bits per heavy atom. The standard InChI is InChI=1S/C15H13N3O4/c1-9-12(15(20)21-2)7-18-13(9)14(16-8-17-18)22-11-5-3-4-10(19)6-11/h3-8,19H,1-2H3. The van der Waals surface area contributed by atoms with E-state index < -0.39 is 5.97 Å². The molecule has 3 rings (SSSR count). The third kappa shape index (κ3) is 2.32. The van der Waals surface area contributed by atoms with Crippen molar-refractivity contribution in [3.8, 4) is 17.4 Å². The van der Waals surface area contributed by atoms with E-state index in [0.29, 0.717) is 22.4 Å². The zero-order valence-corrected chi connectivity index (χ0v) is 12.0. The second-order valence-corrected chi connectivity index (χ2v) is 4.62. The SMILES string of the molecule is COC(=O)c1cn2ncnc(Oc3cccc(O)c3)c2c1C. The lowest BCUT2D eigenvalue weighted by atomic mass is 10.2. The van der Waals surface area contributed by atoms with Crippen LogP contribution in [-0.4, -0.2) is 32.8 Å². The van der Waals surface area contributed by atoms with Crippen molar-refractivity contribution in [3.63, 3.8) is 0 Å². The van der Waals surface area contributed by atoms with E-state index in [1.54, 1.807) is 31.3 Å². The summed E-state index contributed by atoms with van der Waals surface area (Å²) < 4.78 is 11.9. The van der Waals surface area contributed by atoms with Gasteiger partial charge >= 0.3 is 5.97 Å². The molecule has 3 aromatic rings. The average Bonchev–Trinajstić information content (AvgIpc) is 2.85. The van der Waals surface area contributed by atoms with E-state index in [-0.39, 0.29) is 11.6 Å². The Kier molecular flexibility index (Phi) is 3.38. The first-order valence-corrected chi connectivity index (χ1v) is 6.48. The lowest BCUT2D eigenvalue weighted by molar-refractivity contribution is 0.0600. The topological polar surface area (TPSA) is 86.0 Å². The summed E-state index contributed by atoms with van der Waals surface area (Å²) in [6.07, 6.45) is 2.89. The first-order chi connectivity index (χ1) is 10.6. The van der Waals surface area contributed by atoms with Crippen molar-refractivity contribution in [1.29, 1.82) is 0 Å². The number of esters is 1. The summed E-state index contributed by atoms with van der Waals surface area (Å²) in [6.45, 7) is 1.76. The van der Waals surface area contributed by atoms with E-state index in [9.17, 15) is 9.90 Å². The van der Waals surface area contributed by atoms with Crippen LogP contribution in [0.2, 0.25) is 0 Å². The highest BCUT2D eigenvalue weighted by molar-refractivity contribution is 5.94. The van der Waals surface area contributed by atoms with Crippen molar-refractivity contribution in [2.45, 2.75) is 6.92 Å². The third-order valence-corrected chi connectivity index (χ3v) is 3.23. The van der Waals surface area contributed by atoms with E-state index in [1.165, 1.54) is 24.0 Å². The highest BCUT2D eigenvalue weighted by atomic mass is 16.5. The maximum Gasteiger partial charge on any atom is 0.339 e. The van der Waals surface area contributed by atoms with E-state index in [0.717, 1.165) is 0 Å². The van der Waals surface area contributed by atoms with Gasteiger partial charge in [-0.25, -0.2) is 9.31 Å². The molecular weight excluding hydrogens is 286 g/mol. The van der Waals surface area contributed by atoms with Crippen LogP contribution in [0.25, 0.3) is 5.52 Å². The smallest absolute Gasteiger partial charge is 0.339 e. The van der Waals surface area contributed by atoms with Crippen molar-refractivity contribution in [3.05, 3.63) is 47.9 Å². The molecule has 2 aromatic heterocycles. The Bertz CT molecular complexity index is 857. The molecule has 7 heteroatoms. The summed E-state index contributed by atoms with van der Waals surface area (Å²) in [7, 11) is 1.32. The van der Waals surface area contributed by atoms with Gasteiger partial charge in [-0.1, -0.05) is 6.07 Å². The number of aryl methyl sites for hydroxylation is 1. The molecule has 0 unspecified atom stereocenters. The Hall–Kier alpha value is -3.09. The normalized spacial score (nSPS) is 10.6. The third-order valence-electron chi connectivity index (χ3n) is 3.23. The Balaban J connectivity index is 2.10. The van der Waals surface area contributed by atoms with E-state index in [1.807, 2.05) is 0 Å². The van der Waals surface area contributed by atoms with Gasteiger partial charge in [0.05, 0.1) is 12.7 Å². The summed E-state index contributed by atoms with van der Waals surface area (Å²) in [5.41, 5.74) is 1.61. The molecule has 112 valence electrons. The lowest BCUT2D eigenvalue weighted by Gasteiger charge is -2.07. The first-order valence-electron chi connectivity index (χ1n) is 6.48. The summed E-state index contributed by atoms with van der Waals surface area (Å²) in [5.74, 6) is 0.352. The fraction of sp³-hybridized carbons (Fsp3) is 0.133. The van der Waals surface area contributed by atoms with Crippen LogP contribution in [-0.2, 0) is 4.74 Å². The molecule has 2 heterocycles. The number of aromatic hydroxyl groups is 1. The number of carbonyl (C=O) groups excluding carboxylic acids is 1. The van der Waals surface area contributed by atoms with Crippen molar-refractivity contribution < 1.29 is 19.4 Å². The predicted molar refractivity (Wildman–Crippen MR) is 77.2 cm³/mol. The van der Waals surface area contributed by atoms with Gasteiger partial charge in [-0.2, -0.15) is 10.1 Å². The van der Waals surface area contributed by atoms with Crippen LogP contribution in [0.5, 0.6) is 17.4 Å². The summed E-state index contributed by atoms with van der Waals surface area (Å²) in [6, 6.07) is 6.37. The van der Waals surface area contributed by atoms with Crippen LogP contribution in [0, 0.1) is 6.92 Å². The maximum atomic E-state index is 11.8. The molecule has 1 aromatic carbocycles. The second-order valence-electron chi connectivity index (χ2n) is 4.62. The van der Waals surface area contributed by atoms with Crippen LogP contribution in [0.3, 0.4) is 0 Å². The van der Waals surface area contributed by atoms with Crippen molar-refractivity contribution in [2.75, 3.05) is 7.11 Å². The van der Waals surface area contributed by atoms with Crippen molar-refractivity contribution >= 4 is 11.5 Å². The fourth-order valence-electron chi connectivity index (χ4n) is 2.18. The number of aromatic nitrogens is 3. The Labute approximate surface area is 125 Å². The van der Waals surface area contributed by atoms with Crippen molar-refractivity contribution in [2.24, 2.45) is 0 Å². The van der Waals surface area contributed by atoms with Gasteiger partial charge in [-0.05, 0) is 24.6 Å². The number of nitrogens with zero attached hydrogens (tertiary/aromatic N) is 3. The van der Waals surface area contributed by atoms with E-state index in [2.05, 4.69) is 10.1 Å². The zero-order valence-electron chi connectivity index (χ0n) is 12.0. The molecule has 22 heavy (non-hydrogen) atoms. The Morgan fingerprint density at radius 3 is 2.91 bits per heavy atom. The zero-order chi connectivity index (χ0) is 15.7. The number of phenolic OH excluding ortho intramolecular Hbond substituents is 1. The first kappa shape index (κ1) is 13.9. The highest BCUT2D eigenvalue weighted by Crippen LogP contribution is 2.29. The summed E-state index contributed by atoms with van der Waals surface area (Å²) in [4.78, 5) is 15.9. The van der Waals surface area contributed by atoms with Gasteiger partial charge in [0.2, 0.25) is 5.88 Å². The molecule has 1 N–H and O–H groups in total. The molecular formula is C15H13N3O4. The molecule has 0 fully saturated rings. The van der Waals surface area contributed by atoms with Crippen LogP contribution in [0.4, 0.5) is 0 Å². The van der Waals surface area contributed by atoms with Gasteiger partial charge < -0.3 is 14.6 Å². The number of phenols is 1. The number of hydrogen-bond acceptors (Lipinski definition) is 6. The minimum Gasteiger partial charge on any atom is -0.508 e. The number of hydrogen-bond donors (Lipinski definition) is 1. The quantitative estimate of drug-likeness (QED) is 0.747.